The first-order chi connectivity index (χ1) is 15.8. The van der Waals surface area contributed by atoms with Crippen LogP contribution in [-0.4, -0.2) is 41.5 Å². The molecule has 1 aliphatic heterocycles. The molecule has 4 atom stereocenters. The average molecular weight is 455 g/mol. The van der Waals surface area contributed by atoms with Crippen LogP contribution in [-0.2, 0) is 17.6 Å². The van der Waals surface area contributed by atoms with Crippen LogP contribution in [0, 0.1) is 0 Å². The summed E-state index contributed by atoms with van der Waals surface area (Å²) < 4.78 is 20.0. The summed E-state index contributed by atoms with van der Waals surface area (Å²) in [5.41, 5.74) is 2.89. The van der Waals surface area contributed by atoms with Gasteiger partial charge in [-0.25, -0.2) is 4.39 Å². The third kappa shape index (κ3) is 5.92. The Morgan fingerprint density at radius 3 is 2.58 bits per heavy atom. The van der Waals surface area contributed by atoms with Crippen molar-refractivity contribution in [3.8, 4) is 5.75 Å². The second kappa shape index (κ2) is 10.2. The van der Waals surface area contributed by atoms with Crippen molar-refractivity contribution in [3.63, 3.8) is 0 Å². The molecule has 3 N–H and O–H groups in total. The van der Waals surface area contributed by atoms with Gasteiger partial charge in [-0.05, 0) is 49.8 Å². The zero-order valence-corrected chi connectivity index (χ0v) is 19.5. The van der Waals surface area contributed by atoms with Gasteiger partial charge in [0.2, 0.25) is 5.91 Å². The van der Waals surface area contributed by atoms with E-state index in [2.05, 4.69) is 10.6 Å². The van der Waals surface area contributed by atoms with Gasteiger partial charge in [-0.2, -0.15) is 0 Å². The number of carbonyl (C=O) groups is 1. The third-order valence-electron chi connectivity index (χ3n) is 6.86. The number of aliphatic hydroxyl groups excluding tert-OH is 1. The summed E-state index contributed by atoms with van der Waals surface area (Å²) in [5.74, 6) is 0.690. The molecule has 0 unspecified atom stereocenters. The number of amides is 1. The first-order valence-corrected chi connectivity index (χ1v) is 12.0. The molecular formula is C27H35FN2O3. The number of alkyl halides is 1. The number of hydrogen-bond donors (Lipinski definition) is 3. The Morgan fingerprint density at radius 2 is 1.94 bits per heavy atom. The number of benzene rings is 2. The topological polar surface area (TPSA) is 70.6 Å². The van der Waals surface area contributed by atoms with Gasteiger partial charge in [0.15, 0.2) is 0 Å². The van der Waals surface area contributed by atoms with Crippen molar-refractivity contribution in [3.05, 3.63) is 65.2 Å². The minimum Gasteiger partial charge on any atom is -0.487 e. The van der Waals surface area contributed by atoms with E-state index < -0.39 is 18.3 Å². The molecule has 1 amide bonds. The minimum absolute atomic E-state index is 0.00766. The van der Waals surface area contributed by atoms with Gasteiger partial charge in [-0.1, -0.05) is 42.5 Å². The minimum atomic E-state index is -0.907. The maximum Gasteiger partial charge on any atom is 0.217 e. The zero-order valence-electron chi connectivity index (χ0n) is 19.5. The molecule has 0 radical (unpaired) electrons. The number of rotatable bonds is 9. The number of carbonyl (C=O) groups excluding carboxylic acids is 1. The van der Waals surface area contributed by atoms with Crippen LogP contribution in [0.15, 0.2) is 48.5 Å². The number of aliphatic hydroxyl groups is 1. The molecule has 178 valence electrons. The van der Waals surface area contributed by atoms with E-state index in [9.17, 15) is 14.3 Å². The fraction of sp³-hybridized carbons (Fsp3) is 0.519. The maximum atomic E-state index is 13.6. The van der Waals surface area contributed by atoms with Gasteiger partial charge in [0, 0.05) is 37.9 Å². The summed E-state index contributed by atoms with van der Waals surface area (Å²) in [6, 6.07) is 15.4. The fourth-order valence-electron chi connectivity index (χ4n) is 5.05. The third-order valence-corrected chi connectivity index (χ3v) is 6.86. The van der Waals surface area contributed by atoms with Crippen LogP contribution < -0.4 is 15.4 Å². The first kappa shape index (κ1) is 23.7. The van der Waals surface area contributed by atoms with Crippen molar-refractivity contribution in [2.24, 2.45) is 0 Å². The van der Waals surface area contributed by atoms with Crippen LogP contribution in [0.3, 0.4) is 0 Å². The van der Waals surface area contributed by atoms with Crippen molar-refractivity contribution >= 4 is 5.91 Å². The molecule has 1 aliphatic carbocycles. The van der Waals surface area contributed by atoms with Gasteiger partial charge in [-0.15, -0.1) is 0 Å². The van der Waals surface area contributed by atoms with Gasteiger partial charge in [0.25, 0.3) is 0 Å². The number of nitrogens with one attached hydrogen (secondary N) is 2. The summed E-state index contributed by atoms with van der Waals surface area (Å²) in [6.07, 6.45) is 3.29. The molecule has 1 saturated carbocycles. The molecule has 33 heavy (non-hydrogen) atoms. The Bertz CT molecular complexity index is 946. The SMILES string of the molecule is CC(=O)N[C@@H](Cc1ccccc1)[C@H](O)CN[C@H]1CC2(CCC2)Oc2ccc(C[C@H](C)F)cc21. The normalized spacial score (nSPS) is 21.3. The average Bonchev–Trinajstić information content (AvgIpc) is 2.75. The van der Waals surface area contributed by atoms with Crippen LogP contribution in [0.5, 0.6) is 5.75 Å². The lowest BCUT2D eigenvalue weighted by atomic mass is 9.72. The van der Waals surface area contributed by atoms with Crippen molar-refractivity contribution in [2.45, 2.75) is 82.3 Å². The standard InChI is InChI=1S/C27H35FN2O3/c1-18(28)13-21-9-10-26-22(14-21)24(16-27(33-26)11-6-12-27)29-17-25(32)23(30-19(2)31)15-20-7-4-3-5-8-20/h3-5,7-10,14,18,23-25,29,32H,6,11-13,15-17H2,1-2H3,(H,30,31)/t18-,23-,24-,25+/m0/s1. The van der Waals surface area contributed by atoms with Gasteiger partial charge in [0.1, 0.15) is 17.5 Å². The molecule has 4 rings (SSSR count). The Morgan fingerprint density at radius 1 is 1.18 bits per heavy atom. The monoisotopic (exact) mass is 454 g/mol. The highest BCUT2D eigenvalue weighted by atomic mass is 19.1. The second-order valence-electron chi connectivity index (χ2n) is 9.72. The van der Waals surface area contributed by atoms with Gasteiger partial charge < -0.3 is 20.5 Å². The van der Waals surface area contributed by atoms with Crippen molar-refractivity contribution < 1.29 is 19.0 Å². The molecule has 1 fully saturated rings. The molecule has 6 heteroatoms. The predicted octanol–water partition coefficient (Wildman–Crippen LogP) is 4.03. The zero-order chi connectivity index (χ0) is 23.4. The molecule has 1 spiro atoms. The van der Waals surface area contributed by atoms with Crippen LogP contribution in [0.2, 0.25) is 0 Å². The van der Waals surface area contributed by atoms with Crippen LogP contribution in [0.4, 0.5) is 4.39 Å². The summed E-state index contributed by atoms with van der Waals surface area (Å²) in [4.78, 5) is 11.8. The molecular weight excluding hydrogens is 419 g/mol. The molecule has 2 aromatic carbocycles. The van der Waals surface area contributed by atoms with E-state index in [0.717, 1.165) is 48.1 Å². The highest BCUT2D eigenvalue weighted by Crippen LogP contribution is 2.49. The van der Waals surface area contributed by atoms with Gasteiger partial charge >= 0.3 is 0 Å². The Kier molecular flexibility index (Phi) is 7.35. The smallest absolute Gasteiger partial charge is 0.217 e. The van der Waals surface area contributed by atoms with E-state index in [-0.39, 0.29) is 17.6 Å². The van der Waals surface area contributed by atoms with E-state index in [1.54, 1.807) is 6.92 Å². The van der Waals surface area contributed by atoms with Crippen molar-refractivity contribution in [1.82, 2.24) is 10.6 Å². The largest absolute Gasteiger partial charge is 0.487 e. The quantitative estimate of drug-likeness (QED) is 0.535. The highest BCUT2D eigenvalue weighted by Gasteiger charge is 2.45. The summed E-state index contributed by atoms with van der Waals surface area (Å²) in [7, 11) is 0. The van der Waals surface area contributed by atoms with Gasteiger partial charge in [-0.3, -0.25) is 4.79 Å². The highest BCUT2D eigenvalue weighted by molar-refractivity contribution is 5.73. The second-order valence-corrected chi connectivity index (χ2v) is 9.72. The van der Waals surface area contributed by atoms with Crippen LogP contribution >= 0.6 is 0 Å². The number of ether oxygens (including phenoxy) is 1. The Hall–Kier alpha value is -2.44. The first-order valence-electron chi connectivity index (χ1n) is 12.0. The van der Waals surface area contributed by atoms with Crippen molar-refractivity contribution in [2.75, 3.05) is 6.54 Å². The fourth-order valence-corrected chi connectivity index (χ4v) is 5.05. The number of fused-ring (bicyclic) bond motifs is 1. The maximum absolute atomic E-state index is 13.6. The lowest BCUT2D eigenvalue weighted by Gasteiger charge is -2.48. The van der Waals surface area contributed by atoms with Crippen LogP contribution in [0.25, 0.3) is 0 Å². The van der Waals surface area contributed by atoms with Crippen molar-refractivity contribution in [1.29, 1.82) is 0 Å². The molecule has 5 nitrogen and oxygen atoms in total. The van der Waals surface area contributed by atoms with E-state index >= 15 is 0 Å². The predicted molar refractivity (Wildman–Crippen MR) is 127 cm³/mol. The number of halogens is 1. The lowest BCUT2D eigenvalue weighted by Crippen LogP contribution is -2.52. The Balaban J connectivity index is 1.48. The molecule has 2 aliphatic rings. The summed E-state index contributed by atoms with van der Waals surface area (Å²) in [5, 5.41) is 17.5. The molecule has 0 bridgehead atoms. The molecule has 2 aromatic rings. The number of hydrogen-bond acceptors (Lipinski definition) is 4. The Labute approximate surface area is 195 Å². The van der Waals surface area contributed by atoms with E-state index in [1.165, 1.54) is 6.92 Å². The molecule has 0 aromatic heterocycles. The van der Waals surface area contributed by atoms with E-state index in [1.807, 2.05) is 48.5 Å². The summed E-state index contributed by atoms with van der Waals surface area (Å²) in [6.45, 7) is 3.38. The summed E-state index contributed by atoms with van der Waals surface area (Å²) >= 11 is 0. The van der Waals surface area contributed by atoms with E-state index in [4.69, 9.17) is 4.74 Å². The molecule has 0 saturated heterocycles. The molecule has 1 heterocycles. The lowest BCUT2D eigenvalue weighted by molar-refractivity contribution is -0.120. The van der Waals surface area contributed by atoms with Crippen LogP contribution in [0.1, 0.15) is 62.3 Å². The van der Waals surface area contributed by atoms with Gasteiger partial charge in [0.05, 0.1) is 12.1 Å². The van der Waals surface area contributed by atoms with E-state index in [0.29, 0.717) is 19.4 Å².